The van der Waals surface area contributed by atoms with Crippen LogP contribution in [0.3, 0.4) is 0 Å². The van der Waals surface area contributed by atoms with Crippen LogP contribution in [-0.4, -0.2) is 61.0 Å². The molecule has 0 bridgehead atoms. The molecule has 0 heterocycles. The molecule has 6 heteroatoms. The molecule has 6 nitrogen and oxygen atoms in total. The third-order valence-electron chi connectivity index (χ3n) is 2.82. The summed E-state index contributed by atoms with van der Waals surface area (Å²) in [5, 5.41) is 11.7. The second kappa shape index (κ2) is 8.74. The quantitative estimate of drug-likeness (QED) is 0.288. The minimum absolute atomic E-state index is 0.00121. The Labute approximate surface area is 109 Å². The van der Waals surface area contributed by atoms with Gasteiger partial charge in [-0.05, 0) is 33.5 Å². The Morgan fingerprint density at radius 1 is 1.33 bits per heavy atom. The number of hydrogen-bond donors (Lipinski definition) is 2. The SMILES string of the molecule is CCCC(C(=O)N(C)CCCN(C)C)C(N)=NO. The molecular weight excluding hydrogens is 232 g/mol. The van der Waals surface area contributed by atoms with Crippen molar-refractivity contribution >= 4 is 11.7 Å². The molecule has 0 aliphatic carbocycles. The summed E-state index contributed by atoms with van der Waals surface area (Å²) in [7, 11) is 5.75. The van der Waals surface area contributed by atoms with Gasteiger partial charge in [-0.1, -0.05) is 18.5 Å². The number of nitrogens with zero attached hydrogens (tertiary/aromatic N) is 3. The Morgan fingerprint density at radius 2 is 1.94 bits per heavy atom. The van der Waals surface area contributed by atoms with Gasteiger partial charge in [-0.15, -0.1) is 0 Å². The fourth-order valence-corrected chi connectivity index (χ4v) is 1.76. The maximum atomic E-state index is 12.1. The van der Waals surface area contributed by atoms with E-state index in [0.717, 1.165) is 19.4 Å². The predicted octanol–water partition coefficient (Wildman–Crippen LogP) is 0.559. The van der Waals surface area contributed by atoms with E-state index in [1.54, 1.807) is 11.9 Å². The fraction of sp³-hybridized carbons (Fsp3) is 0.833. The highest BCUT2D eigenvalue weighted by Gasteiger charge is 2.25. The summed E-state index contributed by atoms with van der Waals surface area (Å²) in [5.74, 6) is -0.587. The topological polar surface area (TPSA) is 82.2 Å². The molecule has 3 N–H and O–H groups in total. The zero-order valence-corrected chi connectivity index (χ0v) is 11.9. The Balaban J connectivity index is 4.38. The molecule has 0 radical (unpaired) electrons. The molecule has 0 aromatic rings. The van der Waals surface area contributed by atoms with Crippen molar-refractivity contribution in [1.82, 2.24) is 9.80 Å². The molecule has 1 atom stereocenters. The lowest BCUT2D eigenvalue weighted by Gasteiger charge is -2.23. The van der Waals surface area contributed by atoms with E-state index in [-0.39, 0.29) is 11.7 Å². The first kappa shape index (κ1) is 16.7. The lowest BCUT2D eigenvalue weighted by Crippen LogP contribution is -2.40. The van der Waals surface area contributed by atoms with Crippen molar-refractivity contribution in [2.75, 3.05) is 34.2 Å². The van der Waals surface area contributed by atoms with E-state index < -0.39 is 5.92 Å². The highest BCUT2D eigenvalue weighted by atomic mass is 16.4. The summed E-state index contributed by atoms with van der Waals surface area (Å²) in [4.78, 5) is 15.9. The molecule has 0 spiro atoms. The van der Waals surface area contributed by atoms with Gasteiger partial charge in [0.05, 0.1) is 5.92 Å². The highest BCUT2D eigenvalue weighted by Crippen LogP contribution is 2.10. The number of amidine groups is 1. The van der Waals surface area contributed by atoms with Crippen LogP contribution in [0.1, 0.15) is 26.2 Å². The Bertz CT molecular complexity index is 279. The minimum Gasteiger partial charge on any atom is -0.409 e. The average Bonchev–Trinajstić information content (AvgIpc) is 2.33. The van der Waals surface area contributed by atoms with Crippen LogP contribution < -0.4 is 5.73 Å². The number of nitrogens with two attached hydrogens (primary N) is 1. The van der Waals surface area contributed by atoms with E-state index in [4.69, 9.17) is 10.9 Å². The maximum Gasteiger partial charge on any atom is 0.233 e. The molecule has 0 fully saturated rings. The molecule has 0 aliphatic rings. The van der Waals surface area contributed by atoms with Crippen LogP contribution in [0.2, 0.25) is 0 Å². The van der Waals surface area contributed by atoms with Crippen molar-refractivity contribution < 1.29 is 10.0 Å². The van der Waals surface area contributed by atoms with Gasteiger partial charge in [0.15, 0.2) is 5.84 Å². The lowest BCUT2D eigenvalue weighted by molar-refractivity contribution is -0.132. The molecule has 0 saturated carbocycles. The lowest BCUT2D eigenvalue weighted by atomic mass is 10.0. The second-order valence-corrected chi connectivity index (χ2v) is 4.78. The third kappa shape index (κ3) is 5.86. The highest BCUT2D eigenvalue weighted by molar-refractivity contribution is 6.01. The van der Waals surface area contributed by atoms with Crippen LogP contribution in [-0.2, 0) is 4.79 Å². The molecule has 0 aromatic heterocycles. The smallest absolute Gasteiger partial charge is 0.233 e. The van der Waals surface area contributed by atoms with Crippen molar-refractivity contribution in [3.8, 4) is 0 Å². The first-order valence-electron chi connectivity index (χ1n) is 6.31. The van der Waals surface area contributed by atoms with Gasteiger partial charge in [0.2, 0.25) is 5.91 Å². The van der Waals surface area contributed by atoms with Crippen molar-refractivity contribution in [1.29, 1.82) is 0 Å². The van der Waals surface area contributed by atoms with Gasteiger partial charge in [0.25, 0.3) is 0 Å². The first-order valence-corrected chi connectivity index (χ1v) is 6.31. The van der Waals surface area contributed by atoms with Gasteiger partial charge in [-0.2, -0.15) is 0 Å². The largest absolute Gasteiger partial charge is 0.409 e. The molecule has 0 saturated heterocycles. The zero-order valence-electron chi connectivity index (χ0n) is 11.9. The van der Waals surface area contributed by atoms with Crippen LogP contribution in [0.4, 0.5) is 0 Å². The summed E-state index contributed by atoms with van der Waals surface area (Å²) in [6.45, 7) is 3.58. The van der Waals surface area contributed by atoms with E-state index in [9.17, 15) is 4.79 Å². The molecule has 0 rings (SSSR count). The van der Waals surface area contributed by atoms with E-state index in [1.807, 2.05) is 21.0 Å². The number of oxime groups is 1. The summed E-state index contributed by atoms with van der Waals surface area (Å²) >= 11 is 0. The summed E-state index contributed by atoms with van der Waals surface area (Å²) in [6, 6.07) is 0. The summed E-state index contributed by atoms with van der Waals surface area (Å²) in [6.07, 6.45) is 2.33. The maximum absolute atomic E-state index is 12.1. The molecule has 0 aromatic carbocycles. The normalized spacial score (nSPS) is 13.7. The van der Waals surface area contributed by atoms with Crippen LogP contribution >= 0.6 is 0 Å². The van der Waals surface area contributed by atoms with Gasteiger partial charge in [-0.3, -0.25) is 4.79 Å². The third-order valence-corrected chi connectivity index (χ3v) is 2.82. The first-order chi connectivity index (χ1) is 8.43. The Hall–Kier alpha value is -1.30. The van der Waals surface area contributed by atoms with Gasteiger partial charge >= 0.3 is 0 Å². The van der Waals surface area contributed by atoms with Gasteiger partial charge < -0.3 is 20.7 Å². The van der Waals surface area contributed by atoms with Gasteiger partial charge in [0.1, 0.15) is 0 Å². The second-order valence-electron chi connectivity index (χ2n) is 4.78. The van der Waals surface area contributed by atoms with Crippen molar-refractivity contribution in [2.45, 2.75) is 26.2 Å². The summed E-state index contributed by atoms with van der Waals surface area (Å²) < 4.78 is 0. The van der Waals surface area contributed by atoms with E-state index in [1.165, 1.54) is 0 Å². The monoisotopic (exact) mass is 258 g/mol. The predicted molar refractivity (Wildman–Crippen MR) is 72.6 cm³/mol. The van der Waals surface area contributed by atoms with E-state index in [2.05, 4.69) is 10.1 Å². The van der Waals surface area contributed by atoms with E-state index >= 15 is 0 Å². The Morgan fingerprint density at radius 3 is 2.39 bits per heavy atom. The van der Waals surface area contributed by atoms with Crippen LogP contribution in [0.25, 0.3) is 0 Å². The molecule has 1 amide bonds. The van der Waals surface area contributed by atoms with Crippen LogP contribution in [0.5, 0.6) is 0 Å². The fourth-order valence-electron chi connectivity index (χ4n) is 1.76. The minimum atomic E-state index is -0.510. The van der Waals surface area contributed by atoms with Crippen LogP contribution in [0.15, 0.2) is 5.16 Å². The van der Waals surface area contributed by atoms with Crippen molar-refractivity contribution in [2.24, 2.45) is 16.8 Å². The van der Waals surface area contributed by atoms with Crippen LogP contribution in [0, 0.1) is 5.92 Å². The molecule has 106 valence electrons. The standard InChI is InChI=1S/C12H26N4O2/c1-5-7-10(11(13)14-18)12(17)16(4)9-6-8-15(2)3/h10,18H,5-9H2,1-4H3,(H2,13,14). The molecule has 18 heavy (non-hydrogen) atoms. The Kier molecular flexibility index (Phi) is 8.11. The molecular formula is C12H26N4O2. The number of amides is 1. The molecule has 1 unspecified atom stereocenters. The van der Waals surface area contributed by atoms with Crippen molar-refractivity contribution in [3.63, 3.8) is 0 Å². The summed E-state index contributed by atoms with van der Waals surface area (Å²) in [5.41, 5.74) is 5.56. The zero-order chi connectivity index (χ0) is 14.1. The van der Waals surface area contributed by atoms with Gasteiger partial charge in [-0.25, -0.2) is 0 Å². The number of carbonyl (C=O) groups is 1. The number of carbonyl (C=O) groups excluding carboxylic acids is 1. The molecule has 0 aliphatic heterocycles. The van der Waals surface area contributed by atoms with E-state index in [0.29, 0.717) is 13.0 Å². The van der Waals surface area contributed by atoms with Gasteiger partial charge in [0, 0.05) is 13.6 Å². The van der Waals surface area contributed by atoms with Crippen molar-refractivity contribution in [3.05, 3.63) is 0 Å². The number of hydrogen-bond acceptors (Lipinski definition) is 4. The average molecular weight is 258 g/mol. The number of rotatable bonds is 8.